The third-order valence-corrected chi connectivity index (χ3v) is 5.59. The van der Waals surface area contributed by atoms with E-state index in [2.05, 4.69) is 12.2 Å². The van der Waals surface area contributed by atoms with Gasteiger partial charge in [0.1, 0.15) is 5.54 Å². The second-order valence-electron chi connectivity index (χ2n) is 5.82. The molecule has 1 heterocycles. The fourth-order valence-electron chi connectivity index (χ4n) is 3.06. The number of carboxylic acids is 1. The van der Waals surface area contributed by atoms with Crippen molar-refractivity contribution in [3.63, 3.8) is 0 Å². The Kier molecular flexibility index (Phi) is 5.04. The summed E-state index contributed by atoms with van der Waals surface area (Å²) in [7, 11) is 0. The van der Waals surface area contributed by atoms with Crippen molar-refractivity contribution in [2.45, 2.75) is 57.9 Å². The van der Waals surface area contributed by atoms with Crippen LogP contribution < -0.4 is 5.32 Å². The maximum Gasteiger partial charge on any atom is 0.329 e. The number of aliphatic carboxylic acids is 1. The van der Waals surface area contributed by atoms with Gasteiger partial charge in [0.15, 0.2) is 0 Å². The number of carboxylic acid groups (broad SMARTS) is 1. The highest BCUT2D eigenvalue weighted by molar-refractivity contribution is 7.12. The van der Waals surface area contributed by atoms with Crippen LogP contribution in [-0.4, -0.2) is 22.5 Å². The van der Waals surface area contributed by atoms with Crippen molar-refractivity contribution in [3.8, 4) is 0 Å². The molecule has 1 aromatic rings. The van der Waals surface area contributed by atoms with Crippen molar-refractivity contribution < 1.29 is 14.7 Å². The molecule has 1 aliphatic rings. The highest BCUT2D eigenvalue weighted by atomic mass is 32.1. The Morgan fingerprint density at radius 1 is 1.38 bits per heavy atom. The summed E-state index contributed by atoms with van der Waals surface area (Å²) in [6, 6.07) is 1.93. The lowest BCUT2D eigenvalue weighted by Gasteiger charge is -2.37. The zero-order valence-corrected chi connectivity index (χ0v) is 13.5. The highest BCUT2D eigenvalue weighted by Crippen LogP contribution is 2.34. The molecule has 5 heteroatoms. The van der Waals surface area contributed by atoms with Gasteiger partial charge in [-0.25, -0.2) is 4.79 Å². The minimum atomic E-state index is -1.09. The molecule has 0 aromatic carbocycles. The monoisotopic (exact) mass is 309 g/mol. The zero-order chi connectivity index (χ0) is 15.5. The summed E-state index contributed by atoms with van der Waals surface area (Å²) in [6.45, 7) is 4.13. The molecule has 4 nitrogen and oxygen atoms in total. The van der Waals surface area contributed by atoms with Gasteiger partial charge in [-0.3, -0.25) is 4.79 Å². The Morgan fingerprint density at radius 2 is 2.05 bits per heavy atom. The molecule has 1 fully saturated rings. The van der Waals surface area contributed by atoms with Crippen LogP contribution >= 0.6 is 11.3 Å². The van der Waals surface area contributed by atoms with Crippen LogP contribution in [0.2, 0.25) is 0 Å². The number of nitrogens with one attached hydrogen (secondary N) is 1. The van der Waals surface area contributed by atoms with Crippen LogP contribution in [0, 0.1) is 5.92 Å². The van der Waals surface area contributed by atoms with Crippen LogP contribution in [0.25, 0.3) is 0 Å². The van der Waals surface area contributed by atoms with Crippen molar-refractivity contribution in [2.75, 3.05) is 0 Å². The topological polar surface area (TPSA) is 66.4 Å². The quantitative estimate of drug-likeness (QED) is 0.875. The molecule has 0 radical (unpaired) electrons. The van der Waals surface area contributed by atoms with E-state index in [-0.39, 0.29) is 5.91 Å². The number of carbonyl (C=O) groups excluding carboxylic acids is 1. The van der Waals surface area contributed by atoms with E-state index in [4.69, 9.17) is 0 Å². The van der Waals surface area contributed by atoms with Gasteiger partial charge in [0.05, 0.1) is 4.88 Å². The van der Waals surface area contributed by atoms with E-state index in [0.717, 1.165) is 31.2 Å². The van der Waals surface area contributed by atoms with E-state index in [1.807, 2.05) is 18.4 Å². The first kappa shape index (κ1) is 16.0. The average Bonchev–Trinajstić information content (AvgIpc) is 2.96. The van der Waals surface area contributed by atoms with E-state index < -0.39 is 11.5 Å². The van der Waals surface area contributed by atoms with Gasteiger partial charge in [-0.15, -0.1) is 11.3 Å². The first-order chi connectivity index (χ1) is 10.0. The number of thiophene rings is 1. The van der Waals surface area contributed by atoms with Gasteiger partial charge in [-0.1, -0.05) is 20.3 Å². The minimum Gasteiger partial charge on any atom is -0.480 e. The first-order valence-corrected chi connectivity index (χ1v) is 8.52. The Morgan fingerprint density at radius 3 is 2.57 bits per heavy atom. The predicted molar refractivity (Wildman–Crippen MR) is 83.8 cm³/mol. The Labute approximate surface area is 129 Å². The molecular weight excluding hydrogens is 286 g/mol. The van der Waals surface area contributed by atoms with Crippen molar-refractivity contribution in [3.05, 3.63) is 21.9 Å². The summed E-state index contributed by atoms with van der Waals surface area (Å²) >= 11 is 1.38. The zero-order valence-electron chi connectivity index (χ0n) is 12.6. The normalized spacial score (nSPS) is 25.5. The molecule has 116 valence electrons. The second kappa shape index (κ2) is 6.60. The van der Waals surface area contributed by atoms with Crippen LogP contribution in [0.15, 0.2) is 11.4 Å². The molecule has 2 N–H and O–H groups in total. The fourth-order valence-corrected chi connectivity index (χ4v) is 3.95. The molecule has 0 atom stereocenters. The van der Waals surface area contributed by atoms with Gasteiger partial charge in [0.25, 0.3) is 5.91 Å². The molecule has 1 saturated carbocycles. The maximum absolute atomic E-state index is 12.5. The summed E-state index contributed by atoms with van der Waals surface area (Å²) in [5.41, 5.74) is -0.0992. The van der Waals surface area contributed by atoms with Crippen LogP contribution in [-0.2, 0) is 11.2 Å². The van der Waals surface area contributed by atoms with Crippen LogP contribution in [0.5, 0.6) is 0 Å². The molecule has 1 aromatic heterocycles. The van der Waals surface area contributed by atoms with Gasteiger partial charge < -0.3 is 10.4 Å². The molecular formula is C16H23NO3S. The second-order valence-corrected chi connectivity index (χ2v) is 6.74. The van der Waals surface area contributed by atoms with E-state index >= 15 is 0 Å². The molecule has 0 saturated heterocycles. The van der Waals surface area contributed by atoms with Crippen LogP contribution in [0.1, 0.15) is 61.2 Å². The average molecular weight is 309 g/mol. The molecule has 21 heavy (non-hydrogen) atoms. The molecule has 1 amide bonds. The smallest absolute Gasteiger partial charge is 0.329 e. The summed E-state index contributed by atoms with van der Waals surface area (Å²) in [5, 5.41) is 14.3. The van der Waals surface area contributed by atoms with Crippen molar-refractivity contribution in [1.29, 1.82) is 0 Å². The third-order valence-electron chi connectivity index (χ3n) is 4.63. The Balaban J connectivity index is 2.14. The number of carbonyl (C=O) groups is 2. The third kappa shape index (κ3) is 3.28. The van der Waals surface area contributed by atoms with Gasteiger partial charge >= 0.3 is 5.97 Å². The van der Waals surface area contributed by atoms with Crippen molar-refractivity contribution >= 4 is 23.2 Å². The van der Waals surface area contributed by atoms with E-state index in [9.17, 15) is 14.7 Å². The molecule has 2 rings (SSSR count). The Hall–Kier alpha value is -1.36. The summed E-state index contributed by atoms with van der Waals surface area (Å²) < 4.78 is 0. The van der Waals surface area contributed by atoms with Crippen LogP contribution in [0.4, 0.5) is 0 Å². The molecule has 0 aliphatic heterocycles. The highest BCUT2D eigenvalue weighted by Gasteiger charge is 2.43. The summed E-state index contributed by atoms with van der Waals surface area (Å²) in [5.74, 6) is -0.554. The number of hydrogen-bond acceptors (Lipinski definition) is 3. The largest absolute Gasteiger partial charge is 0.480 e. The number of amides is 1. The molecule has 1 aliphatic carbocycles. The van der Waals surface area contributed by atoms with Gasteiger partial charge in [-0.05, 0) is 55.0 Å². The predicted octanol–water partition coefficient (Wildman–Crippen LogP) is 3.46. The van der Waals surface area contributed by atoms with Gasteiger partial charge in [-0.2, -0.15) is 0 Å². The number of hydrogen-bond donors (Lipinski definition) is 2. The van der Waals surface area contributed by atoms with Crippen LogP contribution in [0.3, 0.4) is 0 Å². The first-order valence-electron chi connectivity index (χ1n) is 7.64. The minimum absolute atomic E-state index is 0.237. The molecule has 0 unspecified atom stereocenters. The van der Waals surface area contributed by atoms with E-state index in [0.29, 0.717) is 23.6 Å². The van der Waals surface area contributed by atoms with Crippen molar-refractivity contribution in [1.82, 2.24) is 5.32 Å². The molecule has 0 bridgehead atoms. The summed E-state index contributed by atoms with van der Waals surface area (Å²) in [6.07, 6.45) is 4.65. The van der Waals surface area contributed by atoms with Gasteiger partial charge in [0.2, 0.25) is 0 Å². The fraction of sp³-hybridized carbons (Fsp3) is 0.625. The lowest BCUT2D eigenvalue weighted by Crippen LogP contribution is -2.56. The van der Waals surface area contributed by atoms with E-state index in [1.54, 1.807) is 0 Å². The number of rotatable bonds is 5. The SMILES string of the molecule is CCc1ccsc1C(=O)NC1(C(=O)O)CCC(CC)CC1. The number of aryl methyl sites for hydroxylation is 1. The lowest BCUT2D eigenvalue weighted by atomic mass is 9.75. The maximum atomic E-state index is 12.5. The molecule has 0 spiro atoms. The lowest BCUT2D eigenvalue weighted by molar-refractivity contribution is -0.146. The standard InChI is InChI=1S/C16H23NO3S/c1-3-11-5-8-16(9-6-11,15(19)20)17-14(18)13-12(4-2)7-10-21-13/h7,10-11H,3-6,8-9H2,1-2H3,(H,17,18)(H,19,20). The van der Waals surface area contributed by atoms with Crippen molar-refractivity contribution in [2.24, 2.45) is 5.92 Å². The van der Waals surface area contributed by atoms with E-state index in [1.165, 1.54) is 11.3 Å². The Bertz CT molecular complexity index is 515. The van der Waals surface area contributed by atoms with Gasteiger partial charge in [0, 0.05) is 0 Å². The summed E-state index contributed by atoms with van der Waals surface area (Å²) in [4.78, 5) is 24.8.